The van der Waals surface area contributed by atoms with Crippen molar-refractivity contribution in [3.05, 3.63) is 68.2 Å². The first-order valence-electron chi connectivity index (χ1n) is 5.13. The molecule has 0 spiro atoms. The second-order valence-electron chi connectivity index (χ2n) is 3.82. The summed E-state index contributed by atoms with van der Waals surface area (Å²) in [7, 11) is 0. The van der Waals surface area contributed by atoms with Crippen LogP contribution in [0.3, 0.4) is 0 Å². The smallest absolute Gasteiger partial charge is 0.142 e. The van der Waals surface area contributed by atoms with Gasteiger partial charge >= 0.3 is 0 Å². The van der Waals surface area contributed by atoms with Crippen molar-refractivity contribution in [1.29, 1.82) is 0 Å². The Morgan fingerprint density at radius 1 is 0.789 bits per heavy atom. The topological polar surface area (TPSA) is 0 Å². The van der Waals surface area contributed by atoms with Crippen LogP contribution in [-0.4, -0.2) is 0 Å². The van der Waals surface area contributed by atoms with Crippen molar-refractivity contribution in [1.82, 2.24) is 0 Å². The number of hydrogen-bond donors (Lipinski definition) is 0. The van der Waals surface area contributed by atoms with E-state index in [9.17, 15) is 8.78 Å². The van der Waals surface area contributed by atoms with Crippen molar-refractivity contribution in [2.24, 2.45) is 0 Å². The molecule has 0 nitrogen and oxygen atoms in total. The lowest BCUT2D eigenvalue weighted by Gasteiger charge is -2.14. The third-order valence-electron chi connectivity index (χ3n) is 2.54. The van der Waals surface area contributed by atoms with Gasteiger partial charge in [-0.2, -0.15) is 0 Å². The van der Waals surface area contributed by atoms with Crippen LogP contribution in [0.2, 0.25) is 15.1 Å². The van der Waals surface area contributed by atoms with Crippen LogP contribution in [0.15, 0.2) is 30.3 Å². The van der Waals surface area contributed by atoms with Crippen LogP contribution in [0, 0.1) is 11.6 Å². The van der Waals surface area contributed by atoms with E-state index in [-0.39, 0.29) is 10.6 Å². The molecule has 0 aliphatic heterocycles. The maximum atomic E-state index is 13.8. The largest absolute Gasteiger partial charge is 0.207 e. The highest BCUT2D eigenvalue weighted by molar-refractivity contribution is 6.35. The zero-order chi connectivity index (χ0) is 14.2. The van der Waals surface area contributed by atoms with Crippen LogP contribution in [-0.2, 0) is 0 Å². The van der Waals surface area contributed by atoms with E-state index in [2.05, 4.69) is 0 Å². The molecule has 19 heavy (non-hydrogen) atoms. The molecule has 0 saturated carbocycles. The molecule has 0 bridgehead atoms. The third kappa shape index (κ3) is 3.14. The Labute approximate surface area is 128 Å². The molecule has 0 fully saturated rings. The van der Waals surface area contributed by atoms with Gasteiger partial charge in [-0.3, -0.25) is 0 Å². The Bertz CT molecular complexity index is 628. The van der Waals surface area contributed by atoms with Gasteiger partial charge in [0.05, 0.1) is 10.4 Å². The maximum absolute atomic E-state index is 13.8. The highest BCUT2D eigenvalue weighted by atomic mass is 35.5. The molecular formula is C13H6Cl4F2. The summed E-state index contributed by atoms with van der Waals surface area (Å²) in [4.78, 5) is 0. The summed E-state index contributed by atoms with van der Waals surface area (Å²) in [6.07, 6.45) is 0. The van der Waals surface area contributed by atoms with Gasteiger partial charge in [-0.1, -0.05) is 34.8 Å². The van der Waals surface area contributed by atoms with Crippen LogP contribution < -0.4 is 0 Å². The minimum absolute atomic E-state index is 0.0484. The third-order valence-corrected chi connectivity index (χ3v) is 3.88. The van der Waals surface area contributed by atoms with E-state index >= 15 is 0 Å². The predicted molar refractivity (Wildman–Crippen MR) is 75.5 cm³/mol. The van der Waals surface area contributed by atoms with Crippen LogP contribution >= 0.6 is 46.4 Å². The molecule has 0 amide bonds. The lowest BCUT2D eigenvalue weighted by molar-refractivity contribution is 0.587. The van der Waals surface area contributed by atoms with Crippen molar-refractivity contribution in [3.63, 3.8) is 0 Å². The Morgan fingerprint density at radius 3 is 2.16 bits per heavy atom. The van der Waals surface area contributed by atoms with Gasteiger partial charge in [0.1, 0.15) is 11.6 Å². The minimum atomic E-state index is -0.960. The van der Waals surface area contributed by atoms with E-state index in [0.717, 1.165) is 12.1 Å². The second-order valence-corrected chi connectivity index (χ2v) is 5.50. The van der Waals surface area contributed by atoms with Gasteiger partial charge in [-0.25, -0.2) is 8.78 Å². The molecule has 2 aromatic rings. The average molecular weight is 342 g/mol. The van der Waals surface area contributed by atoms with E-state index < -0.39 is 17.0 Å². The van der Waals surface area contributed by atoms with Gasteiger partial charge in [0.15, 0.2) is 0 Å². The SMILES string of the molecule is Fc1cc(C(Cl)c2cc(Cl)ccc2Cl)c(F)cc1Cl. The quantitative estimate of drug-likeness (QED) is 0.447. The summed E-state index contributed by atoms with van der Waals surface area (Å²) in [6, 6.07) is 6.45. The molecular weight excluding hydrogens is 336 g/mol. The Hall–Kier alpha value is -0.540. The lowest BCUT2D eigenvalue weighted by atomic mass is 10.0. The van der Waals surface area contributed by atoms with E-state index in [1.54, 1.807) is 12.1 Å². The number of rotatable bonds is 2. The van der Waals surface area contributed by atoms with Crippen molar-refractivity contribution in [2.75, 3.05) is 0 Å². The van der Waals surface area contributed by atoms with Crippen molar-refractivity contribution < 1.29 is 8.78 Å². The Morgan fingerprint density at radius 2 is 1.47 bits per heavy atom. The molecule has 0 aromatic heterocycles. The van der Waals surface area contributed by atoms with Crippen LogP contribution in [0.4, 0.5) is 8.78 Å². The van der Waals surface area contributed by atoms with Gasteiger partial charge in [-0.15, -0.1) is 11.6 Å². The molecule has 0 heterocycles. The molecule has 2 aromatic carbocycles. The van der Waals surface area contributed by atoms with Crippen LogP contribution in [0.5, 0.6) is 0 Å². The second kappa shape index (κ2) is 5.84. The number of alkyl halides is 1. The normalized spacial score (nSPS) is 12.5. The average Bonchev–Trinajstić information content (AvgIpc) is 2.36. The van der Waals surface area contributed by atoms with Crippen LogP contribution in [0.25, 0.3) is 0 Å². The fraction of sp³-hybridized carbons (Fsp3) is 0.0769. The first-order valence-corrected chi connectivity index (χ1v) is 6.70. The van der Waals surface area contributed by atoms with E-state index in [1.807, 2.05) is 0 Å². The molecule has 1 unspecified atom stereocenters. The standard InChI is InChI=1S/C13H6Cl4F2/c14-6-1-2-9(15)7(3-6)13(17)8-4-12(19)10(16)5-11(8)18/h1-5,13H. The highest BCUT2D eigenvalue weighted by Crippen LogP contribution is 2.37. The number of benzene rings is 2. The van der Waals surface area contributed by atoms with E-state index in [1.165, 1.54) is 6.07 Å². The van der Waals surface area contributed by atoms with Crippen molar-refractivity contribution >= 4 is 46.4 Å². The van der Waals surface area contributed by atoms with Crippen molar-refractivity contribution in [3.8, 4) is 0 Å². The first kappa shape index (κ1) is 14.9. The maximum Gasteiger partial charge on any atom is 0.142 e. The molecule has 100 valence electrons. The van der Waals surface area contributed by atoms with Gasteiger partial charge in [-0.05, 0) is 35.9 Å². The number of hydrogen-bond acceptors (Lipinski definition) is 0. The van der Waals surface area contributed by atoms with E-state index in [0.29, 0.717) is 15.6 Å². The van der Waals surface area contributed by atoms with Crippen LogP contribution in [0.1, 0.15) is 16.5 Å². The van der Waals surface area contributed by atoms with Gasteiger partial charge in [0, 0.05) is 15.6 Å². The molecule has 6 heteroatoms. The molecule has 0 aliphatic carbocycles. The van der Waals surface area contributed by atoms with Gasteiger partial charge in [0.2, 0.25) is 0 Å². The lowest BCUT2D eigenvalue weighted by Crippen LogP contribution is -1.99. The Balaban J connectivity index is 2.52. The van der Waals surface area contributed by atoms with E-state index in [4.69, 9.17) is 46.4 Å². The summed E-state index contributed by atoms with van der Waals surface area (Å²) < 4.78 is 27.2. The molecule has 1 atom stereocenters. The molecule has 0 radical (unpaired) electrons. The van der Waals surface area contributed by atoms with Crippen molar-refractivity contribution in [2.45, 2.75) is 5.38 Å². The van der Waals surface area contributed by atoms with Gasteiger partial charge in [0.25, 0.3) is 0 Å². The molecule has 2 rings (SSSR count). The highest BCUT2D eigenvalue weighted by Gasteiger charge is 2.20. The minimum Gasteiger partial charge on any atom is -0.207 e. The molecule has 0 N–H and O–H groups in total. The summed E-state index contributed by atoms with van der Waals surface area (Å²) in [5, 5.41) is -0.542. The fourth-order valence-electron chi connectivity index (χ4n) is 1.61. The summed E-state index contributed by atoms with van der Waals surface area (Å²) in [6.45, 7) is 0. The summed E-state index contributed by atoms with van der Waals surface area (Å²) in [5.74, 6) is -1.45. The predicted octanol–water partition coefficient (Wildman–Crippen LogP) is 6.25. The number of halogens is 6. The fourth-order valence-corrected chi connectivity index (χ4v) is 2.57. The summed E-state index contributed by atoms with van der Waals surface area (Å²) in [5.41, 5.74) is 0.351. The zero-order valence-corrected chi connectivity index (χ0v) is 12.3. The Kier molecular flexibility index (Phi) is 4.57. The van der Waals surface area contributed by atoms with Gasteiger partial charge < -0.3 is 0 Å². The summed E-state index contributed by atoms with van der Waals surface area (Å²) >= 11 is 23.5. The molecule has 0 saturated heterocycles. The molecule has 0 aliphatic rings. The zero-order valence-electron chi connectivity index (χ0n) is 9.23. The monoisotopic (exact) mass is 340 g/mol. The first-order chi connectivity index (χ1) is 8.90.